The molecule has 0 aliphatic heterocycles. The molecule has 0 fully saturated rings. The SMILES string of the molecule is CCC(CC)(CO)Nc1ncc(C)cc1[N+](=O)[O-]. The smallest absolute Gasteiger partial charge is 0.311 e. The molecular formula is C12H19N3O3. The molecule has 0 radical (unpaired) electrons. The van der Waals surface area contributed by atoms with E-state index in [1.165, 1.54) is 6.07 Å². The van der Waals surface area contributed by atoms with Crippen molar-refractivity contribution in [3.63, 3.8) is 0 Å². The van der Waals surface area contributed by atoms with Crippen molar-refractivity contribution in [3.05, 3.63) is 27.9 Å². The summed E-state index contributed by atoms with van der Waals surface area (Å²) >= 11 is 0. The maximum absolute atomic E-state index is 11.0. The number of pyridine rings is 1. The fraction of sp³-hybridized carbons (Fsp3) is 0.583. The first-order valence-corrected chi connectivity index (χ1v) is 5.98. The van der Waals surface area contributed by atoms with Crippen LogP contribution in [0.15, 0.2) is 12.3 Å². The van der Waals surface area contributed by atoms with E-state index in [9.17, 15) is 15.2 Å². The van der Waals surface area contributed by atoms with Gasteiger partial charge in [-0.2, -0.15) is 0 Å². The molecule has 0 spiro atoms. The minimum atomic E-state index is -0.562. The van der Waals surface area contributed by atoms with Crippen LogP contribution in [0.4, 0.5) is 11.5 Å². The molecule has 0 aliphatic carbocycles. The van der Waals surface area contributed by atoms with Gasteiger partial charge in [-0.25, -0.2) is 4.98 Å². The first-order chi connectivity index (χ1) is 8.48. The van der Waals surface area contributed by atoms with Crippen molar-refractivity contribution in [3.8, 4) is 0 Å². The van der Waals surface area contributed by atoms with Crippen LogP contribution in [0.5, 0.6) is 0 Å². The standard InChI is InChI=1S/C12H19N3O3/c1-4-12(5-2,8-16)14-11-10(15(17)18)6-9(3)7-13-11/h6-7,16H,4-5,8H2,1-3H3,(H,13,14). The van der Waals surface area contributed by atoms with E-state index in [1.54, 1.807) is 13.1 Å². The molecule has 6 heteroatoms. The van der Waals surface area contributed by atoms with Gasteiger partial charge in [-0.05, 0) is 25.3 Å². The van der Waals surface area contributed by atoms with Crippen molar-refractivity contribution in [2.75, 3.05) is 11.9 Å². The van der Waals surface area contributed by atoms with Crippen LogP contribution in [0.25, 0.3) is 0 Å². The molecule has 0 saturated carbocycles. The van der Waals surface area contributed by atoms with E-state index in [2.05, 4.69) is 10.3 Å². The number of nitrogens with one attached hydrogen (secondary N) is 1. The number of aliphatic hydroxyl groups is 1. The number of aliphatic hydroxyl groups excluding tert-OH is 1. The molecule has 0 bridgehead atoms. The Morgan fingerprint density at radius 2 is 2.11 bits per heavy atom. The number of aryl methyl sites for hydroxylation is 1. The lowest BCUT2D eigenvalue weighted by Gasteiger charge is -2.31. The van der Waals surface area contributed by atoms with Crippen LogP contribution in [0.3, 0.4) is 0 Å². The molecule has 6 nitrogen and oxygen atoms in total. The summed E-state index contributed by atoms with van der Waals surface area (Å²) in [4.78, 5) is 14.6. The highest BCUT2D eigenvalue weighted by Crippen LogP contribution is 2.28. The molecule has 1 aromatic rings. The van der Waals surface area contributed by atoms with Gasteiger partial charge < -0.3 is 10.4 Å². The second-order valence-electron chi connectivity index (χ2n) is 4.41. The number of aromatic nitrogens is 1. The average Bonchev–Trinajstić information content (AvgIpc) is 2.37. The van der Waals surface area contributed by atoms with Gasteiger partial charge in [0.25, 0.3) is 0 Å². The predicted molar refractivity (Wildman–Crippen MR) is 69.6 cm³/mol. The Labute approximate surface area is 106 Å². The van der Waals surface area contributed by atoms with Gasteiger partial charge in [-0.1, -0.05) is 13.8 Å². The molecule has 0 amide bonds. The van der Waals surface area contributed by atoms with E-state index < -0.39 is 10.5 Å². The molecule has 0 atom stereocenters. The number of anilines is 1. The lowest BCUT2D eigenvalue weighted by atomic mass is 9.94. The summed E-state index contributed by atoms with van der Waals surface area (Å²) in [7, 11) is 0. The van der Waals surface area contributed by atoms with Gasteiger partial charge in [-0.3, -0.25) is 10.1 Å². The van der Waals surface area contributed by atoms with Crippen molar-refractivity contribution < 1.29 is 10.0 Å². The molecule has 1 heterocycles. The summed E-state index contributed by atoms with van der Waals surface area (Å²) in [6.45, 7) is 5.51. The number of hydrogen-bond acceptors (Lipinski definition) is 5. The molecule has 2 N–H and O–H groups in total. The van der Waals surface area contributed by atoms with Crippen LogP contribution in [0.2, 0.25) is 0 Å². The molecule has 0 aromatic carbocycles. The fourth-order valence-corrected chi connectivity index (χ4v) is 1.73. The number of nitrogens with zero attached hydrogens (tertiary/aromatic N) is 2. The van der Waals surface area contributed by atoms with Crippen LogP contribution in [-0.4, -0.2) is 27.2 Å². The van der Waals surface area contributed by atoms with Gasteiger partial charge >= 0.3 is 5.69 Å². The molecule has 0 unspecified atom stereocenters. The Bertz CT molecular complexity index is 422. The van der Waals surface area contributed by atoms with Crippen LogP contribution in [0.1, 0.15) is 32.3 Å². The largest absolute Gasteiger partial charge is 0.394 e. The lowest BCUT2D eigenvalue weighted by molar-refractivity contribution is -0.384. The third-order valence-corrected chi connectivity index (χ3v) is 3.24. The van der Waals surface area contributed by atoms with E-state index in [1.807, 2.05) is 13.8 Å². The Balaban J connectivity index is 3.13. The van der Waals surface area contributed by atoms with Gasteiger partial charge in [0, 0.05) is 12.3 Å². The third kappa shape index (κ3) is 2.95. The number of nitro groups is 1. The van der Waals surface area contributed by atoms with E-state index in [0.29, 0.717) is 12.8 Å². The minimum absolute atomic E-state index is 0.0604. The first kappa shape index (κ1) is 14.4. The highest BCUT2D eigenvalue weighted by Gasteiger charge is 2.28. The lowest BCUT2D eigenvalue weighted by Crippen LogP contribution is -2.41. The van der Waals surface area contributed by atoms with Crippen LogP contribution in [0, 0.1) is 17.0 Å². The summed E-state index contributed by atoms with van der Waals surface area (Å²) < 4.78 is 0. The van der Waals surface area contributed by atoms with Crippen molar-refractivity contribution in [2.24, 2.45) is 0 Å². The summed E-state index contributed by atoms with van der Waals surface area (Å²) in [6.07, 6.45) is 2.89. The monoisotopic (exact) mass is 253 g/mol. The molecule has 0 aliphatic rings. The average molecular weight is 253 g/mol. The summed E-state index contributed by atoms with van der Waals surface area (Å²) in [5, 5.41) is 23.5. The second kappa shape index (κ2) is 5.77. The first-order valence-electron chi connectivity index (χ1n) is 5.98. The normalized spacial score (nSPS) is 11.3. The Kier molecular flexibility index (Phi) is 4.61. The van der Waals surface area contributed by atoms with Gasteiger partial charge in [0.15, 0.2) is 0 Å². The number of hydrogen-bond donors (Lipinski definition) is 2. The zero-order valence-electron chi connectivity index (χ0n) is 10.9. The summed E-state index contributed by atoms with van der Waals surface area (Å²) in [5.41, 5.74) is 0.108. The summed E-state index contributed by atoms with van der Waals surface area (Å²) in [5.74, 6) is 0.211. The highest BCUT2D eigenvalue weighted by molar-refractivity contribution is 5.58. The zero-order chi connectivity index (χ0) is 13.8. The maximum atomic E-state index is 11.0. The van der Waals surface area contributed by atoms with Crippen LogP contribution >= 0.6 is 0 Å². The quantitative estimate of drug-likeness (QED) is 0.599. The van der Waals surface area contributed by atoms with E-state index in [4.69, 9.17) is 0 Å². The molecule has 1 aromatic heterocycles. The van der Waals surface area contributed by atoms with Gasteiger partial charge in [0.05, 0.1) is 17.1 Å². The molecule has 18 heavy (non-hydrogen) atoms. The number of rotatable bonds is 6. The zero-order valence-corrected chi connectivity index (χ0v) is 10.9. The Morgan fingerprint density at radius 1 is 1.50 bits per heavy atom. The van der Waals surface area contributed by atoms with Crippen molar-refractivity contribution in [1.82, 2.24) is 4.98 Å². The molecule has 1 rings (SSSR count). The molecule has 100 valence electrons. The Hall–Kier alpha value is -1.69. The minimum Gasteiger partial charge on any atom is -0.394 e. The molecular weight excluding hydrogens is 234 g/mol. The van der Waals surface area contributed by atoms with Crippen LogP contribution in [-0.2, 0) is 0 Å². The van der Waals surface area contributed by atoms with E-state index >= 15 is 0 Å². The van der Waals surface area contributed by atoms with E-state index in [-0.39, 0.29) is 18.1 Å². The third-order valence-electron chi connectivity index (χ3n) is 3.24. The highest BCUT2D eigenvalue weighted by atomic mass is 16.6. The van der Waals surface area contributed by atoms with Gasteiger partial charge in [0.1, 0.15) is 0 Å². The van der Waals surface area contributed by atoms with Crippen molar-refractivity contribution in [1.29, 1.82) is 0 Å². The van der Waals surface area contributed by atoms with E-state index in [0.717, 1.165) is 5.56 Å². The van der Waals surface area contributed by atoms with Crippen molar-refractivity contribution in [2.45, 2.75) is 39.2 Å². The summed E-state index contributed by atoms with van der Waals surface area (Å²) in [6, 6.07) is 1.47. The maximum Gasteiger partial charge on any atom is 0.311 e. The van der Waals surface area contributed by atoms with Gasteiger partial charge in [-0.15, -0.1) is 0 Å². The van der Waals surface area contributed by atoms with Crippen molar-refractivity contribution >= 4 is 11.5 Å². The second-order valence-corrected chi connectivity index (χ2v) is 4.41. The van der Waals surface area contributed by atoms with Gasteiger partial charge in [0.2, 0.25) is 5.82 Å². The van der Waals surface area contributed by atoms with Crippen LogP contribution < -0.4 is 5.32 Å². The molecule has 0 saturated heterocycles. The fourth-order valence-electron chi connectivity index (χ4n) is 1.73. The Morgan fingerprint density at radius 3 is 2.56 bits per heavy atom. The predicted octanol–water partition coefficient (Wildman–Crippen LogP) is 2.26. The topological polar surface area (TPSA) is 88.3 Å².